The van der Waals surface area contributed by atoms with E-state index in [1.165, 1.54) is 38.8 Å². The third-order valence-electron chi connectivity index (χ3n) is 4.76. The molecule has 2 aliphatic rings. The Morgan fingerprint density at radius 2 is 1.83 bits per heavy atom. The Bertz CT molecular complexity index is 274. The molecule has 3 nitrogen and oxygen atoms in total. The van der Waals surface area contributed by atoms with E-state index in [0.717, 1.165) is 12.8 Å². The highest BCUT2D eigenvalue weighted by Crippen LogP contribution is 2.33. The minimum absolute atomic E-state index is 0.498. The third-order valence-corrected chi connectivity index (χ3v) is 4.76. The molecule has 0 aromatic heterocycles. The molecule has 2 atom stereocenters. The fourth-order valence-corrected chi connectivity index (χ4v) is 3.34. The summed E-state index contributed by atoms with van der Waals surface area (Å²) >= 11 is 0. The number of hydrogen-bond donors (Lipinski definition) is 0. The topological polar surface area (TPSA) is 23.6 Å². The van der Waals surface area contributed by atoms with E-state index in [1.54, 1.807) is 0 Å². The van der Waals surface area contributed by atoms with Crippen molar-refractivity contribution in [1.29, 1.82) is 0 Å². The summed E-state index contributed by atoms with van der Waals surface area (Å²) in [6.07, 6.45) is 6.70. The highest BCUT2D eigenvalue weighted by atomic mass is 16.1. The van der Waals surface area contributed by atoms with Crippen molar-refractivity contribution in [2.24, 2.45) is 0 Å². The average molecular weight is 252 g/mol. The minimum atomic E-state index is 0.498. The van der Waals surface area contributed by atoms with Crippen molar-refractivity contribution in [3.63, 3.8) is 0 Å². The summed E-state index contributed by atoms with van der Waals surface area (Å²) in [6.45, 7) is 6.89. The maximum Gasteiger partial charge on any atom is 0.136 e. The van der Waals surface area contributed by atoms with Crippen LogP contribution in [0, 0.1) is 0 Å². The van der Waals surface area contributed by atoms with Gasteiger partial charge < -0.3 is 4.90 Å². The summed E-state index contributed by atoms with van der Waals surface area (Å²) in [7, 11) is 2.20. The van der Waals surface area contributed by atoms with Crippen molar-refractivity contribution >= 4 is 5.78 Å². The molecule has 3 heteroatoms. The molecule has 0 N–H and O–H groups in total. The average Bonchev–Trinajstić information content (AvgIpc) is 2.56. The number of rotatable bonds is 6. The molecule has 2 unspecified atom stereocenters. The van der Waals surface area contributed by atoms with Crippen LogP contribution in [0.4, 0.5) is 0 Å². The lowest BCUT2D eigenvalue weighted by atomic mass is 10.0. The van der Waals surface area contributed by atoms with Crippen molar-refractivity contribution in [3.05, 3.63) is 0 Å². The zero-order valence-corrected chi connectivity index (χ0v) is 12.2. The van der Waals surface area contributed by atoms with Gasteiger partial charge in [0.05, 0.1) is 0 Å². The molecule has 2 rings (SSSR count). The van der Waals surface area contributed by atoms with Crippen LogP contribution in [0.3, 0.4) is 0 Å². The summed E-state index contributed by atoms with van der Waals surface area (Å²) in [5.41, 5.74) is 0. The second kappa shape index (κ2) is 6.16. The summed E-state index contributed by atoms with van der Waals surface area (Å²) in [6, 6.07) is 1.81. The van der Waals surface area contributed by atoms with Crippen LogP contribution in [0.5, 0.6) is 0 Å². The Labute approximate surface area is 112 Å². The number of piperidine rings is 1. The summed E-state index contributed by atoms with van der Waals surface area (Å²) < 4.78 is 0. The fourth-order valence-electron chi connectivity index (χ4n) is 3.34. The van der Waals surface area contributed by atoms with Gasteiger partial charge in [-0.25, -0.2) is 0 Å². The summed E-state index contributed by atoms with van der Waals surface area (Å²) in [5, 5.41) is 0. The van der Waals surface area contributed by atoms with Crippen LogP contribution >= 0.6 is 0 Å². The van der Waals surface area contributed by atoms with E-state index in [0.29, 0.717) is 23.9 Å². The van der Waals surface area contributed by atoms with E-state index in [1.807, 2.05) is 0 Å². The molecule has 0 saturated carbocycles. The molecule has 104 valence electrons. The lowest BCUT2D eigenvalue weighted by Gasteiger charge is -2.34. The normalized spacial score (nSPS) is 28.6. The molecule has 0 radical (unpaired) electrons. The fraction of sp³-hybridized carbons (Fsp3) is 0.933. The number of fused-ring (bicyclic) bond motifs is 2. The Kier molecular flexibility index (Phi) is 4.79. The molecule has 2 saturated heterocycles. The van der Waals surface area contributed by atoms with Gasteiger partial charge in [-0.1, -0.05) is 0 Å². The number of carbonyl (C=O) groups excluding carboxylic acids is 1. The molecule has 18 heavy (non-hydrogen) atoms. The number of Topliss-reactive ketones (excluding diaryl/α,β-unsaturated/α-hetero) is 1. The number of hydrogen-bond acceptors (Lipinski definition) is 3. The van der Waals surface area contributed by atoms with E-state index in [2.05, 4.69) is 30.7 Å². The quantitative estimate of drug-likeness (QED) is 0.678. The Balaban J connectivity index is 1.67. The lowest BCUT2D eigenvalue weighted by Crippen LogP contribution is -2.43. The molecule has 2 aliphatic heterocycles. The molecule has 0 aromatic rings. The van der Waals surface area contributed by atoms with E-state index in [9.17, 15) is 4.79 Å². The zero-order chi connectivity index (χ0) is 13.1. The number of ketones is 1. The third kappa shape index (κ3) is 3.33. The van der Waals surface area contributed by atoms with Gasteiger partial charge in [-0.05, 0) is 59.7 Å². The molecule has 2 bridgehead atoms. The number of nitrogens with zero attached hydrogens (tertiary/aromatic N) is 2. The lowest BCUT2D eigenvalue weighted by molar-refractivity contribution is -0.123. The van der Waals surface area contributed by atoms with Crippen molar-refractivity contribution in [3.8, 4) is 0 Å². The van der Waals surface area contributed by atoms with Crippen LogP contribution in [0.25, 0.3) is 0 Å². The molecular weight excluding hydrogens is 224 g/mol. The van der Waals surface area contributed by atoms with Gasteiger partial charge in [0.25, 0.3) is 0 Å². The van der Waals surface area contributed by atoms with Gasteiger partial charge in [0.15, 0.2) is 0 Å². The maximum absolute atomic E-state index is 11.5. The molecule has 2 fully saturated rings. The van der Waals surface area contributed by atoms with E-state index < -0.39 is 0 Å². The molecule has 0 aliphatic carbocycles. The predicted molar refractivity (Wildman–Crippen MR) is 74.8 cm³/mol. The highest BCUT2D eigenvalue weighted by molar-refractivity contribution is 5.80. The van der Waals surface area contributed by atoms with Gasteiger partial charge in [0.2, 0.25) is 0 Å². The van der Waals surface area contributed by atoms with Crippen LogP contribution in [0.2, 0.25) is 0 Å². The van der Waals surface area contributed by atoms with E-state index in [4.69, 9.17) is 0 Å². The van der Waals surface area contributed by atoms with Crippen molar-refractivity contribution < 1.29 is 4.79 Å². The highest BCUT2D eigenvalue weighted by Gasteiger charge is 2.39. The Morgan fingerprint density at radius 1 is 1.22 bits per heavy atom. The molecule has 0 amide bonds. The van der Waals surface area contributed by atoms with Gasteiger partial charge in [-0.3, -0.25) is 9.69 Å². The summed E-state index contributed by atoms with van der Waals surface area (Å²) in [4.78, 5) is 16.6. The van der Waals surface area contributed by atoms with Gasteiger partial charge in [0, 0.05) is 31.0 Å². The predicted octanol–water partition coefficient (Wildman–Crippen LogP) is 2.30. The molecular formula is C15H28N2O. The van der Waals surface area contributed by atoms with Crippen LogP contribution in [0.1, 0.15) is 52.4 Å². The van der Waals surface area contributed by atoms with Gasteiger partial charge in [0.1, 0.15) is 5.78 Å². The van der Waals surface area contributed by atoms with E-state index >= 15 is 0 Å². The Hall–Kier alpha value is -0.410. The van der Waals surface area contributed by atoms with Crippen LogP contribution < -0.4 is 0 Å². The first kappa shape index (κ1) is 14.0. The molecule has 0 spiro atoms. The second-order valence-corrected chi connectivity index (χ2v) is 6.35. The smallest absolute Gasteiger partial charge is 0.136 e. The molecule has 2 heterocycles. The zero-order valence-electron chi connectivity index (χ0n) is 12.2. The monoisotopic (exact) mass is 252 g/mol. The first-order valence-corrected chi connectivity index (χ1v) is 7.55. The van der Waals surface area contributed by atoms with Crippen molar-refractivity contribution in [2.45, 2.75) is 70.5 Å². The van der Waals surface area contributed by atoms with Crippen LogP contribution in [-0.2, 0) is 4.79 Å². The van der Waals surface area contributed by atoms with Gasteiger partial charge >= 0.3 is 0 Å². The van der Waals surface area contributed by atoms with Crippen LogP contribution in [0.15, 0.2) is 0 Å². The Morgan fingerprint density at radius 3 is 2.39 bits per heavy atom. The van der Waals surface area contributed by atoms with Crippen molar-refractivity contribution in [2.75, 3.05) is 20.1 Å². The van der Waals surface area contributed by atoms with Crippen molar-refractivity contribution in [1.82, 2.24) is 9.80 Å². The largest absolute Gasteiger partial charge is 0.304 e. The first-order chi connectivity index (χ1) is 8.58. The summed E-state index contributed by atoms with van der Waals surface area (Å²) in [5.74, 6) is 0.498. The first-order valence-electron chi connectivity index (χ1n) is 7.55. The number of unbranched alkanes of at least 4 members (excludes halogenated alkanes) is 1. The van der Waals surface area contributed by atoms with E-state index in [-0.39, 0.29) is 0 Å². The van der Waals surface area contributed by atoms with Gasteiger partial charge in [-0.15, -0.1) is 0 Å². The second-order valence-electron chi connectivity index (χ2n) is 6.35. The number of carbonyl (C=O) groups is 1. The van der Waals surface area contributed by atoms with Crippen LogP contribution in [-0.4, -0.2) is 53.8 Å². The standard InChI is InChI=1S/C15H28N2O/c1-12(2)16(3)8-4-5-9-17-13-6-7-14(17)11-15(18)10-13/h12-14H,4-11H2,1-3H3. The SMILES string of the molecule is CC(C)N(C)CCCCN1C2CCC1CC(=O)C2. The molecule has 0 aromatic carbocycles. The minimum Gasteiger partial charge on any atom is -0.304 e. The van der Waals surface area contributed by atoms with Gasteiger partial charge in [-0.2, -0.15) is 0 Å². The maximum atomic E-state index is 11.5.